The van der Waals surface area contributed by atoms with Gasteiger partial charge in [0.15, 0.2) is 5.78 Å². The summed E-state index contributed by atoms with van der Waals surface area (Å²) in [6, 6.07) is 1.87. The van der Waals surface area contributed by atoms with E-state index in [4.69, 9.17) is 0 Å². The fraction of sp³-hybridized carbons (Fsp3) is 0.333. The van der Waals surface area contributed by atoms with E-state index in [9.17, 15) is 18.0 Å². The molecular weight excluding hydrogens is 231 g/mol. The standard InChI is InChI=1S/C12H10F3NO/c13-12(14,15)9-4-5-16-10(7-9)6-8-2-1-3-11(8)17/h4-7H,1-3H2/b8-6+. The summed E-state index contributed by atoms with van der Waals surface area (Å²) in [6.45, 7) is 0. The molecule has 0 amide bonds. The van der Waals surface area contributed by atoms with Gasteiger partial charge in [0, 0.05) is 12.6 Å². The molecule has 1 saturated carbocycles. The maximum Gasteiger partial charge on any atom is 0.416 e. The molecule has 0 bridgehead atoms. The van der Waals surface area contributed by atoms with E-state index in [0.717, 1.165) is 24.8 Å². The zero-order chi connectivity index (χ0) is 12.5. The van der Waals surface area contributed by atoms with Crippen LogP contribution in [0.25, 0.3) is 6.08 Å². The molecular formula is C12H10F3NO. The summed E-state index contributed by atoms with van der Waals surface area (Å²) in [6.07, 6.45) is 0.0419. The lowest BCUT2D eigenvalue weighted by Crippen LogP contribution is -2.05. The van der Waals surface area contributed by atoms with Gasteiger partial charge in [-0.15, -0.1) is 0 Å². The zero-order valence-electron chi connectivity index (χ0n) is 8.92. The monoisotopic (exact) mass is 241 g/mol. The Morgan fingerprint density at radius 1 is 1.29 bits per heavy atom. The van der Waals surface area contributed by atoms with Crippen LogP contribution in [-0.2, 0) is 11.0 Å². The molecule has 1 fully saturated rings. The molecule has 1 aromatic rings. The molecule has 1 heterocycles. The van der Waals surface area contributed by atoms with Gasteiger partial charge in [0.1, 0.15) is 0 Å². The van der Waals surface area contributed by atoms with E-state index in [1.54, 1.807) is 0 Å². The van der Waals surface area contributed by atoms with E-state index < -0.39 is 11.7 Å². The van der Waals surface area contributed by atoms with Crippen LogP contribution >= 0.6 is 0 Å². The van der Waals surface area contributed by atoms with E-state index in [0.29, 0.717) is 18.4 Å². The second kappa shape index (κ2) is 4.31. The third-order valence-corrected chi connectivity index (χ3v) is 2.64. The molecule has 5 heteroatoms. The summed E-state index contributed by atoms with van der Waals surface area (Å²) in [5, 5.41) is 0. The Morgan fingerprint density at radius 3 is 2.65 bits per heavy atom. The Labute approximate surface area is 96.2 Å². The van der Waals surface area contributed by atoms with Gasteiger partial charge in [-0.3, -0.25) is 9.78 Å². The quantitative estimate of drug-likeness (QED) is 0.706. The Bertz CT molecular complexity index is 477. The van der Waals surface area contributed by atoms with Gasteiger partial charge in [-0.25, -0.2) is 0 Å². The molecule has 2 nitrogen and oxygen atoms in total. The number of halogens is 3. The first-order valence-corrected chi connectivity index (χ1v) is 5.24. The van der Waals surface area contributed by atoms with Crippen LogP contribution in [0.4, 0.5) is 13.2 Å². The van der Waals surface area contributed by atoms with E-state index in [1.807, 2.05) is 0 Å². The molecule has 0 aliphatic heterocycles. The van der Waals surface area contributed by atoms with Crippen molar-refractivity contribution in [2.75, 3.05) is 0 Å². The fourth-order valence-electron chi connectivity index (χ4n) is 1.77. The predicted molar refractivity (Wildman–Crippen MR) is 56.1 cm³/mol. The van der Waals surface area contributed by atoms with Crippen LogP contribution in [-0.4, -0.2) is 10.8 Å². The van der Waals surface area contributed by atoms with Crippen molar-refractivity contribution in [3.63, 3.8) is 0 Å². The first-order valence-electron chi connectivity index (χ1n) is 5.24. The predicted octanol–water partition coefficient (Wildman–Crippen LogP) is 3.24. The van der Waals surface area contributed by atoms with Crippen molar-refractivity contribution in [2.24, 2.45) is 0 Å². The van der Waals surface area contributed by atoms with Gasteiger partial charge >= 0.3 is 6.18 Å². The molecule has 0 aromatic carbocycles. The van der Waals surface area contributed by atoms with Crippen LogP contribution in [0.1, 0.15) is 30.5 Å². The average Bonchev–Trinajstić information content (AvgIpc) is 2.64. The van der Waals surface area contributed by atoms with Crippen LogP contribution in [0.3, 0.4) is 0 Å². The second-order valence-electron chi connectivity index (χ2n) is 3.91. The smallest absolute Gasteiger partial charge is 0.295 e. The molecule has 2 rings (SSSR count). The molecule has 0 spiro atoms. The highest BCUT2D eigenvalue weighted by atomic mass is 19.4. The molecule has 0 N–H and O–H groups in total. The lowest BCUT2D eigenvalue weighted by Gasteiger charge is -2.06. The van der Waals surface area contributed by atoms with E-state index in [1.165, 1.54) is 6.08 Å². The van der Waals surface area contributed by atoms with Gasteiger partial charge in [0.2, 0.25) is 0 Å². The molecule has 0 saturated heterocycles. The van der Waals surface area contributed by atoms with E-state index >= 15 is 0 Å². The number of carbonyl (C=O) groups excluding carboxylic acids is 1. The number of hydrogen-bond acceptors (Lipinski definition) is 2. The van der Waals surface area contributed by atoms with Gasteiger partial charge < -0.3 is 0 Å². The molecule has 17 heavy (non-hydrogen) atoms. The highest BCUT2D eigenvalue weighted by Gasteiger charge is 2.30. The number of nitrogens with zero attached hydrogens (tertiary/aromatic N) is 1. The fourth-order valence-corrected chi connectivity index (χ4v) is 1.77. The average molecular weight is 241 g/mol. The summed E-state index contributed by atoms with van der Waals surface area (Å²) in [5.74, 6) is 0.00390. The number of aromatic nitrogens is 1. The van der Waals surface area contributed by atoms with Crippen LogP contribution in [0.2, 0.25) is 0 Å². The third-order valence-electron chi connectivity index (χ3n) is 2.64. The van der Waals surface area contributed by atoms with Gasteiger partial charge in [-0.05, 0) is 36.6 Å². The molecule has 0 unspecified atom stereocenters. The summed E-state index contributed by atoms with van der Waals surface area (Å²) in [5.41, 5.74) is 0.00620. The number of ketones is 1. The summed E-state index contributed by atoms with van der Waals surface area (Å²) < 4.78 is 37.3. The lowest BCUT2D eigenvalue weighted by molar-refractivity contribution is -0.137. The molecule has 0 radical (unpaired) electrons. The summed E-state index contributed by atoms with van der Waals surface area (Å²) in [7, 11) is 0. The minimum absolute atomic E-state index is 0.00390. The number of allylic oxidation sites excluding steroid dienone is 1. The van der Waals surface area contributed by atoms with Gasteiger partial charge in [0.25, 0.3) is 0 Å². The Balaban J connectivity index is 2.31. The van der Waals surface area contributed by atoms with Crippen molar-refractivity contribution in [3.8, 4) is 0 Å². The number of rotatable bonds is 1. The molecule has 0 atom stereocenters. The van der Waals surface area contributed by atoms with E-state index in [-0.39, 0.29) is 11.5 Å². The first kappa shape index (κ1) is 11.8. The highest BCUT2D eigenvalue weighted by molar-refractivity contribution is 6.01. The maximum atomic E-state index is 12.4. The summed E-state index contributed by atoms with van der Waals surface area (Å²) >= 11 is 0. The number of Topliss-reactive ketones (excluding diaryl/α,β-unsaturated/α-hetero) is 1. The largest absolute Gasteiger partial charge is 0.416 e. The number of alkyl halides is 3. The molecule has 1 aliphatic rings. The third kappa shape index (κ3) is 2.72. The van der Waals surface area contributed by atoms with Crippen molar-refractivity contribution in [3.05, 3.63) is 35.2 Å². The van der Waals surface area contributed by atoms with Crippen LogP contribution < -0.4 is 0 Å². The minimum atomic E-state index is -4.38. The van der Waals surface area contributed by atoms with Crippen molar-refractivity contribution in [1.82, 2.24) is 4.98 Å². The van der Waals surface area contributed by atoms with Gasteiger partial charge in [0.05, 0.1) is 11.3 Å². The van der Waals surface area contributed by atoms with Crippen LogP contribution in [0.15, 0.2) is 23.9 Å². The number of carbonyl (C=O) groups is 1. The van der Waals surface area contributed by atoms with Crippen molar-refractivity contribution in [1.29, 1.82) is 0 Å². The van der Waals surface area contributed by atoms with Gasteiger partial charge in [-0.1, -0.05) is 0 Å². The van der Waals surface area contributed by atoms with Crippen LogP contribution in [0, 0.1) is 0 Å². The molecule has 1 aromatic heterocycles. The van der Waals surface area contributed by atoms with E-state index in [2.05, 4.69) is 4.98 Å². The zero-order valence-corrected chi connectivity index (χ0v) is 8.92. The Kier molecular flexibility index (Phi) is 3.00. The van der Waals surface area contributed by atoms with Crippen molar-refractivity contribution >= 4 is 11.9 Å². The maximum absolute atomic E-state index is 12.4. The van der Waals surface area contributed by atoms with Gasteiger partial charge in [-0.2, -0.15) is 13.2 Å². The van der Waals surface area contributed by atoms with Crippen molar-refractivity contribution in [2.45, 2.75) is 25.4 Å². The lowest BCUT2D eigenvalue weighted by atomic mass is 10.1. The normalized spacial score (nSPS) is 19.0. The minimum Gasteiger partial charge on any atom is -0.295 e. The topological polar surface area (TPSA) is 30.0 Å². The van der Waals surface area contributed by atoms with Crippen LogP contribution in [0.5, 0.6) is 0 Å². The Hall–Kier alpha value is -1.65. The summed E-state index contributed by atoms with van der Waals surface area (Å²) in [4.78, 5) is 15.2. The first-order chi connectivity index (χ1) is 7.97. The molecule has 90 valence electrons. The SMILES string of the molecule is O=C1CCC/C1=C\c1cc(C(F)(F)F)ccn1. The number of pyridine rings is 1. The van der Waals surface area contributed by atoms with Crippen molar-refractivity contribution < 1.29 is 18.0 Å². The number of hydrogen-bond donors (Lipinski definition) is 0. The second-order valence-corrected chi connectivity index (χ2v) is 3.91. The highest BCUT2D eigenvalue weighted by Crippen LogP contribution is 2.30. The molecule has 1 aliphatic carbocycles. The Morgan fingerprint density at radius 2 is 2.06 bits per heavy atom.